The summed E-state index contributed by atoms with van der Waals surface area (Å²) in [5.74, 6) is -0.236. The molecule has 0 aromatic heterocycles. The molecule has 2 atom stereocenters. The lowest BCUT2D eigenvalue weighted by Gasteiger charge is -2.26. The Kier molecular flexibility index (Phi) is 4.96. The van der Waals surface area contributed by atoms with Crippen molar-refractivity contribution in [2.75, 3.05) is 13.7 Å². The number of carbonyl (C=O) groups is 1. The summed E-state index contributed by atoms with van der Waals surface area (Å²) in [5, 5.41) is 0. The van der Waals surface area contributed by atoms with Gasteiger partial charge in [-0.25, -0.2) is 4.79 Å². The maximum atomic E-state index is 12.0. The topological polar surface area (TPSA) is 29.5 Å². The minimum absolute atomic E-state index is 0.236. The van der Waals surface area contributed by atoms with E-state index in [4.69, 9.17) is 4.74 Å². The number of carbonyl (C=O) groups excluding carboxylic acids is 1. The van der Waals surface area contributed by atoms with E-state index in [1.807, 2.05) is 36.4 Å². The average Bonchev–Trinajstić information content (AvgIpc) is 2.78. The van der Waals surface area contributed by atoms with Crippen molar-refractivity contribution >= 4 is 12.0 Å². The molecule has 1 saturated heterocycles. The summed E-state index contributed by atoms with van der Waals surface area (Å²) in [4.78, 5) is 14.4. The zero-order valence-corrected chi connectivity index (χ0v) is 12.5. The Hall–Kier alpha value is -1.61. The number of benzene rings is 1. The Morgan fingerprint density at radius 3 is 2.40 bits per heavy atom. The van der Waals surface area contributed by atoms with E-state index in [9.17, 15) is 4.79 Å². The van der Waals surface area contributed by atoms with Crippen molar-refractivity contribution in [2.24, 2.45) is 0 Å². The summed E-state index contributed by atoms with van der Waals surface area (Å²) in [6, 6.07) is 11.0. The van der Waals surface area contributed by atoms with Gasteiger partial charge in [-0.15, -0.1) is 0 Å². The van der Waals surface area contributed by atoms with E-state index in [1.54, 1.807) is 0 Å². The number of hydrogen-bond donors (Lipinski definition) is 0. The van der Waals surface area contributed by atoms with Gasteiger partial charge in [-0.05, 0) is 38.3 Å². The van der Waals surface area contributed by atoms with Crippen LogP contribution in [0.5, 0.6) is 0 Å². The van der Waals surface area contributed by atoms with E-state index < -0.39 is 0 Å². The second-order valence-electron chi connectivity index (χ2n) is 5.52. The Morgan fingerprint density at radius 2 is 1.85 bits per heavy atom. The standard InChI is InChI=1S/C17H23NO2/c1-13-9-10-14(2)18(13)12-16(17(19)20-3)11-15-7-5-4-6-8-15/h4-8,11,13-14H,9-10,12H2,1-3H3. The van der Waals surface area contributed by atoms with Crippen LogP contribution in [0.1, 0.15) is 32.3 Å². The van der Waals surface area contributed by atoms with Crippen molar-refractivity contribution in [3.63, 3.8) is 0 Å². The molecule has 0 radical (unpaired) electrons. The molecule has 20 heavy (non-hydrogen) atoms. The molecule has 108 valence electrons. The highest BCUT2D eigenvalue weighted by Gasteiger charge is 2.29. The first-order valence-corrected chi connectivity index (χ1v) is 7.21. The van der Waals surface area contributed by atoms with Crippen LogP contribution >= 0.6 is 0 Å². The molecule has 1 aliphatic rings. The van der Waals surface area contributed by atoms with Gasteiger partial charge in [0.1, 0.15) is 0 Å². The molecule has 3 nitrogen and oxygen atoms in total. The van der Waals surface area contributed by atoms with Crippen molar-refractivity contribution in [2.45, 2.75) is 38.8 Å². The number of ether oxygens (including phenoxy) is 1. The van der Waals surface area contributed by atoms with Crippen LogP contribution in [-0.2, 0) is 9.53 Å². The fourth-order valence-corrected chi connectivity index (χ4v) is 2.81. The third kappa shape index (κ3) is 3.48. The van der Waals surface area contributed by atoms with Gasteiger partial charge in [0, 0.05) is 18.6 Å². The zero-order chi connectivity index (χ0) is 14.5. The smallest absolute Gasteiger partial charge is 0.335 e. The summed E-state index contributed by atoms with van der Waals surface area (Å²) < 4.78 is 4.93. The first-order chi connectivity index (χ1) is 9.61. The molecule has 0 aliphatic carbocycles. The van der Waals surface area contributed by atoms with Crippen LogP contribution < -0.4 is 0 Å². The van der Waals surface area contributed by atoms with Gasteiger partial charge in [0.05, 0.1) is 12.7 Å². The van der Waals surface area contributed by atoms with Gasteiger partial charge in [-0.3, -0.25) is 4.90 Å². The molecule has 1 aromatic rings. The Balaban J connectivity index is 2.20. The highest BCUT2D eigenvalue weighted by molar-refractivity contribution is 5.94. The van der Waals surface area contributed by atoms with Gasteiger partial charge in [0.15, 0.2) is 0 Å². The van der Waals surface area contributed by atoms with E-state index >= 15 is 0 Å². The lowest BCUT2D eigenvalue weighted by molar-refractivity contribution is -0.136. The Labute approximate surface area is 121 Å². The predicted octanol–water partition coefficient (Wildman–Crippen LogP) is 3.12. The Morgan fingerprint density at radius 1 is 1.25 bits per heavy atom. The molecule has 0 saturated carbocycles. The minimum atomic E-state index is -0.236. The highest BCUT2D eigenvalue weighted by Crippen LogP contribution is 2.25. The van der Waals surface area contributed by atoms with Crippen LogP contribution in [0, 0.1) is 0 Å². The van der Waals surface area contributed by atoms with Crippen LogP contribution in [0.4, 0.5) is 0 Å². The summed E-state index contributed by atoms with van der Waals surface area (Å²) in [6.45, 7) is 5.10. The van der Waals surface area contributed by atoms with Crippen LogP contribution in [0.25, 0.3) is 6.08 Å². The number of nitrogens with zero attached hydrogens (tertiary/aromatic N) is 1. The van der Waals surface area contributed by atoms with Crippen molar-refractivity contribution < 1.29 is 9.53 Å². The van der Waals surface area contributed by atoms with Gasteiger partial charge in [-0.1, -0.05) is 30.3 Å². The number of likely N-dealkylation sites (tertiary alicyclic amines) is 1. The SMILES string of the molecule is COC(=O)C(=Cc1ccccc1)CN1C(C)CCC1C. The van der Waals surface area contributed by atoms with Crippen molar-refractivity contribution in [1.29, 1.82) is 0 Å². The van der Waals surface area contributed by atoms with Crippen molar-refractivity contribution in [1.82, 2.24) is 4.90 Å². The number of methoxy groups -OCH3 is 1. The monoisotopic (exact) mass is 273 g/mol. The van der Waals surface area contributed by atoms with E-state index in [0.717, 1.165) is 11.1 Å². The van der Waals surface area contributed by atoms with Crippen molar-refractivity contribution in [3.8, 4) is 0 Å². The van der Waals surface area contributed by atoms with Crippen LogP contribution in [0.15, 0.2) is 35.9 Å². The van der Waals surface area contributed by atoms with Gasteiger partial charge in [-0.2, -0.15) is 0 Å². The zero-order valence-electron chi connectivity index (χ0n) is 12.5. The molecule has 0 spiro atoms. The molecule has 1 heterocycles. The fraction of sp³-hybridized carbons (Fsp3) is 0.471. The molecule has 1 aliphatic heterocycles. The molecule has 3 heteroatoms. The summed E-state index contributed by atoms with van der Waals surface area (Å²) in [5.41, 5.74) is 1.76. The van der Waals surface area contributed by atoms with E-state index in [2.05, 4.69) is 18.7 Å². The molecule has 0 bridgehead atoms. The van der Waals surface area contributed by atoms with Gasteiger partial charge < -0.3 is 4.74 Å². The Bertz CT molecular complexity index is 471. The largest absolute Gasteiger partial charge is 0.466 e. The third-order valence-electron chi connectivity index (χ3n) is 4.08. The molecular formula is C17H23NO2. The normalized spacial score (nSPS) is 23.9. The quantitative estimate of drug-likeness (QED) is 0.623. The van der Waals surface area contributed by atoms with E-state index in [1.165, 1.54) is 20.0 Å². The second-order valence-corrected chi connectivity index (χ2v) is 5.52. The molecule has 2 unspecified atom stereocenters. The molecule has 1 aromatic carbocycles. The van der Waals surface area contributed by atoms with Crippen molar-refractivity contribution in [3.05, 3.63) is 41.5 Å². The van der Waals surface area contributed by atoms with E-state index in [-0.39, 0.29) is 5.97 Å². The molecule has 2 rings (SSSR count). The molecule has 1 fully saturated rings. The second kappa shape index (κ2) is 6.71. The third-order valence-corrected chi connectivity index (χ3v) is 4.08. The van der Waals surface area contributed by atoms with Gasteiger partial charge in [0.2, 0.25) is 0 Å². The first-order valence-electron chi connectivity index (χ1n) is 7.21. The lowest BCUT2D eigenvalue weighted by atomic mass is 10.1. The summed E-state index contributed by atoms with van der Waals surface area (Å²) >= 11 is 0. The molecule has 0 N–H and O–H groups in total. The first kappa shape index (κ1) is 14.8. The van der Waals surface area contributed by atoms with Crippen LogP contribution in [0.3, 0.4) is 0 Å². The summed E-state index contributed by atoms with van der Waals surface area (Å²) in [6.07, 6.45) is 4.32. The molecular weight excluding hydrogens is 250 g/mol. The van der Waals surface area contributed by atoms with Crippen LogP contribution in [-0.4, -0.2) is 36.6 Å². The molecule has 0 amide bonds. The van der Waals surface area contributed by atoms with Crippen LogP contribution in [0.2, 0.25) is 0 Å². The van der Waals surface area contributed by atoms with Gasteiger partial charge in [0.25, 0.3) is 0 Å². The maximum absolute atomic E-state index is 12.0. The number of hydrogen-bond acceptors (Lipinski definition) is 3. The fourth-order valence-electron chi connectivity index (χ4n) is 2.81. The number of esters is 1. The van der Waals surface area contributed by atoms with Gasteiger partial charge >= 0.3 is 5.97 Å². The summed E-state index contributed by atoms with van der Waals surface area (Å²) in [7, 11) is 1.44. The highest BCUT2D eigenvalue weighted by atomic mass is 16.5. The lowest BCUT2D eigenvalue weighted by Crippen LogP contribution is -2.35. The number of rotatable bonds is 4. The minimum Gasteiger partial charge on any atom is -0.466 e. The maximum Gasteiger partial charge on any atom is 0.335 e. The average molecular weight is 273 g/mol. The predicted molar refractivity (Wildman–Crippen MR) is 81.3 cm³/mol. The van der Waals surface area contributed by atoms with E-state index in [0.29, 0.717) is 18.6 Å².